The van der Waals surface area contributed by atoms with Crippen molar-refractivity contribution in [1.29, 1.82) is 5.26 Å². The van der Waals surface area contributed by atoms with Crippen LogP contribution in [0, 0.1) is 18.3 Å². The zero-order valence-corrected chi connectivity index (χ0v) is 8.17. The highest BCUT2D eigenvalue weighted by atomic mass is 14.2. The highest BCUT2D eigenvalue weighted by Crippen LogP contribution is 2.18. The molecule has 0 aromatic heterocycles. The van der Waals surface area contributed by atoms with E-state index in [1.807, 2.05) is 19.1 Å². The van der Waals surface area contributed by atoms with Crippen LogP contribution in [0.5, 0.6) is 0 Å². The Morgan fingerprint density at radius 3 is 2.69 bits per heavy atom. The number of aryl methyl sites for hydroxylation is 1. The van der Waals surface area contributed by atoms with Crippen LogP contribution >= 0.6 is 0 Å². The minimum Gasteiger partial charge on any atom is -0.192 e. The van der Waals surface area contributed by atoms with Crippen molar-refractivity contribution in [3.63, 3.8) is 0 Å². The number of rotatable bonds is 2. The second kappa shape index (κ2) is 4.09. The van der Waals surface area contributed by atoms with Crippen molar-refractivity contribution in [3.05, 3.63) is 41.8 Å². The van der Waals surface area contributed by atoms with Crippen molar-refractivity contribution < 1.29 is 0 Å². The summed E-state index contributed by atoms with van der Waals surface area (Å²) in [4.78, 5) is 0. The normalized spacial score (nSPS) is 10.1. The molecule has 0 heterocycles. The molecule has 0 saturated carbocycles. The third-order valence-electron chi connectivity index (χ3n) is 2.20. The average molecular weight is 172 g/mol. The summed E-state index contributed by atoms with van der Waals surface area (Å²) in [7, 11) is 0. The van der Waals surface area contributed by atoms with Gasteiger partial charge in [0, 0.05) is 0 Å². The van der Waals surface area contributed by atoms with Crippen LogP contribution in [-0.4, -0.2) is 0 Å². The molecule has 1 radical (unpaired) electrons. The summed E-state index contributed by atoms with van der Waals surface area (Å²) in [6.07, 6.45) is 0.911. The topological polar surface area (TPSA) is 23.8 Å². The molecule has 1 rings (SSSR count). The van der Waals surface area contributed by atoms with Crippen LogP contribution in [0.2, 0.25) is 0 Å². The van der Waals surface area contributed by atoms with E-state index in [1.165, 1.54) is 0 Å². The Balaban J connectivity index is 3.15. The number of nitriles is 1. The molecule has 0 aliphatic heterocycles. The molecular weight excluding hydrogens is 158 g/mol. The van der Waals surface area contributed by atoms with Gasteiger partial charge in [-0.3, -0.25) is 0 Å². The summed E-state index contributed by atoms with van der Waals surface area (Å²) in [5.41, 5.74) is 3.04. The Morgan fingerprint density at radius 2 is 2.23 bits per heavy atom. The predicted octanol–water partition coefficient (Wildman–Crippen LogP) is 3.06. The second-order valence-electron chi connectivity index (χ2n) is 3.28. The molecule has 0 saturated heterocycles. The van der Waals surface area contributed by atoms with Crippen molar-refractivity contribution in [2.45, 2.75) is 26.2 Å². The van der Waals surface area contributed by atoms with Crippen LogP contribution < -0.4 is 0 Å². The molecular formula is C12H14N. The molecule has 67 valence electrons. The van der Waals surface area contributed by atoms with Crippen molar-refractivity contribution in [2.75, 3.05) is 0 Å². The first-order valence-electron chi connectivity index (χ1n) is 4.55. The van der Waals surface area contributed by atoms with Gasteiger partial charge in [0.2, 0.25) is 0 Å². The van der Waals surface area contributed by atoms with E-state index in [2.05, 4.69) is 26.0 Å². The molecule has 1 unspecified atom stereocenters. The van der Waals surface area contributed by atoms with Crippen LogP contribution in [0.25, 0.3) is 0 Å². The molecule has 1 nitrogen and oxygen atoms in total. The van der Waals surface area contributed by atoms with Gasteiger partial charge in [-0.1, -0.05) is 26.0 Å². The number of benzene rings is 1. The van der Waals surface area contributed by atoms with Crippen molar-refractivity contribution in [1.82, 2.24) is 0 Å². The maximum absolute atomic E-state index is 8.89. The zero-order chi connectivity index (χ0) is 9.84. The summed E-state index contributed by atoms with van der Waals surface area (Å²) < 4.78 is 0. The molecule has 13 heavy (non-hydrogen) atoms. The highest BCUT2D eigenvalue weighted by Gasteiger charge is 2.03. The minimum atomic E-state index is 0.248. The molecule has 0 N–H and O–H groups in total. The van der Waals surface area contributed by atoms with E-state index in [1.54, 1.807) is 0 Å². The van der Waals surface area contributed by atoms with E-state index < -0.39 is 0 Å². The number of hydrogen-bond donors (Lipinski definition) is 0. The Labute approximate surface area is 80.0 Å². The Morgan fingerprint density at radius 1 is 1.54 bits per heavy atom. The lowest BCUT2D eigenvalue weighted by Gasteiger charge is -2.07. The molecule has 1 aromatic carbocycles. The van der Waals surface area contributed by atoms with Crippen LogP contribution in [0.3, 0.4) is 0 Å². The molecule has 0 amide bonds. The largest absolute Gasteiger partial charge is 0.192 e. The Kier molecular flexibility index (Phi) is 3.08. The fraction of sp³-hybridized carbons (Fsp3) is 0.333. The molecule has 1 heteroatoms. The van der Waals surface area contributed by atoms with Gasteiger partial charge in [-0.25, -0.2) is 0 Å². The standard InChI is InChI=1S/C12H14N/c1-4-10-5-6-11(9(2)3)7-12(10)8-13/h5-7,9H,2,4H2,1,3H3. The summed E-state index contributed by atoms with van der Waals surface area (Å²) in [6.45, 7) is 8.02. The molecule has 1 aromatic rings. The predicted molar refractivity (Wildman–Crippen MR) is 54.3 cm³/mol. The van der Waals surface area contributed by atoms with E-state index in [0.717, 1.165) is 23.1 Å². The lowest BCUT2D eigenvalue weighted by Crippen LogP contribution is -1.93. The van der Waals surface area contributed by atoms with E-state index >= 15 is 0 Å². The number of nitrogens with zero attached hydrogens (tertiary/aromatic N) is 1. The van der Waals surface area contributed by atoms with Gasteiger partial charge in [-0.05, 0) is 36.5 Å². The monoisotopic (exact) mass is 172 g/mol. The van der Waals surface area contributed by atoms with Crippen molar-refractivity contribution in [3.8, 4) is 6.07 Å². The van der Waals surface area contributed by atoms with Crippen LogP contribution in [-0.2, 0) is 6.42 Å². The van der Waals surface area contributed by atoms with E-state index in [9.17, 15) is 0 Å². The molecule has 1 atom stereocenters. The van der Waals surface area contributed by atoms with Crippen LogP contribution in [0.4, 0.5) is 0 Å². The van der Waals surface area contributed by atoms with Gasteiger partial charge in [0.15, 0.2) is 0 Å². The Bertz CT molecular complexity index is 331. The second-order valence-corrected chi connectivity index (χ2v) is 3.28. The third kappa shape index (κ3) is 2.09. The number of hydrogen-bond acceptors (Lipinski definition) is 1. The SMILES string of the molecule is [CH2]C(C)c1ccc(CC)c(C#N)c1. The van der Waals surface area contributed by atoms with Gasteiger partial charge < -0.3 is 0 Å². The van der Waals surface area contributed by atoms with E-state index in [-0.39, 0.29) is 5.92 Å². The van der Waals surface area contributed by atoms with Gasteiger partial charge in [-0.15, -0.1) is 0 Å². The molecule has 0 bridgehead atoms. The van der Waals surface area contributed by atoms with Gasteiger partial charge >= 0.3 is 0 Å². The molecule has 0 fully saturated rings. The highest BCUT2D eigenvalue weighted by molar-refractivity contribution is 5.41. The minimum absolute atomic E-state index is 0.248. The van der Waals surface area contributed by atoms with Crippen molar-refractivity contribution in [2.24, 2.45) is 0 Å². The summed E-state index contributed by atoms with van der Waals surface area (Å²) in [5.74, 6) is 0.248. The molecule has 0 aliphatic carbocycles. The summed E-state index contributed by atoms with van der Waals surface area (Å²) in [6, 6.07) is 8.23. The first kappa shape index (κ1) is 9.80. The maximum atomic E-state index is 8.89. The average Bonchev–Trinajstić information content (AvgIpc) is 2.16. The van der Waals surface area contributed by atoms with Gasteiger partial charge in [0.1, 0.15) is 0 Å². The van der Waals surface area contributed by atoms with Crippen LogP contribution in [0.15, 0.2) is 18.2 Å². The fourth-order valence-electron chi connectivity index (χ4n) is 1.31. The summed E-state index contributed by atoms with van der Waals surface area (Å²) >= 11 is 0. The van der Waals surface area contributed by atoms with E-state index in [4.69, 9.17) is 5.26 Å². The zero-order valence-electron chi connectivity index (χ0n) is 8.17. The molecule has 0 aliphatic rings. The third-order valence-corrected chi connectivity index (χ3v) is 2.20. The quantitative estimate of drug-likeness (QED) is 0.672. The van der Waals surface area contributed by atoms with Gasteiger partial charge in [0.05, 0.1) is 11.6 Å². The smallest absolute Gasteiger partial charge is 0.0994 e. The van der Waals surface area contributed by atoms with Gasteiger partial charge in [-0.2, -0.15) is 5.26 Å². The Hall–Kier alpha value is -1.29. The van der Waals surface area contributed by atoms with E-state index in [0.29, 0.717) is 0 Å². The van der Waals surface area contributed by atoms with Gasteiger partial charge in [0.25, 0.3) is 0 Å². The first-order chi connectivity index (χ1) is 6.19. The van der Waals surface area contributed by atoms with Crippen molar-refractivity contribution >= 4 is 0 Å². The fourth-order valence-corrected chi connectivity index (χ4v) is 1.31. The molecule has 0 spiro atoms. The lowest BCUT2D eigenvalue weighted by molar-refractivity contribution is 0.958. The maximum Gasteiger partial charge on any atom is 0.0994 e. The van der Waals surface area contributed by atoms with Crippen LogP contribution in [0.1, 0.15) is 36.5 Å². The first-order valence-corrected chi connectivity index (χ1v) is 4.55. The lowest BCUT2D eigenvalue weighted by atomic mass is 9.97. The summed E-state index contributed by atoms with van der Waals surface area (Å²) in [5, 5.41) is 8.89.